The van der Waals surface area contributed by atoms with Crippen molar-refractivity contribution in [1.29, 1.82) is 0 Å². The van der Waals surface area contributed by atoms with Gasteiger partial charge in [-0.2, -0.15) is 5.10 Å². The predicted octanol–water partition coefficient (Wildman–Crippen LogP) is 5.37. The van der Waals surface area contributed by atoms with Crippen molar-refractivity contribution in [2.75, 3.05) is 7.11 Å². The van der Waals surface area contributed by atoms with Crippen LogP contribution in [0.5, 0.6) is 5.75 Å². The number of carbonyl (C=O) groups excluding carboxylic acids is 1. The molecule has 0 saturated carbocycles. The molecule has 2 atom stereocenters. The van der Waals surface area contributed by atoms with Gasteiger partial charge in [-0.15, -0.1) is 11.8 Å². The van der Waals surface area contributed by atoms with Crippen molar-refractivity contribution < 1.29 is 19.4 Å². The molecule has 9 heteroatoms. The Hall–Kier alpha value is -2.84. The normalized spacial score (nSPS) is 13.8. The summed E-state index contributed by atoms with van der Waals surface area (Å²) in [6, 6.07) is 14.5. The van der Waals surface area contributed by atoms with Gasteiger partial charge in [-0.25, -0.2) is 4.98 Å². The highest BCUT2D eigenvalue weighted by atomic mass is 35.5. The molecule has 0 radical (unpaired) electrons. The van der Waals surface area contributed by atoms with Crippen molar-refractivity contribution in [3.8, 4) is 17.1 Å². The molecule has 7 nitrogen and oxygen atoms in total. The lowest BCUT2D eigenvalue weighted by molar-refractivity contribution is -0.143. The van der Waals surface area contributed by atoms with E-state index in [2.05, 4.69) is 10.1 Å². The molecule has 2 aromatic carbocycles. The summed E-state index contributed by atoms with van der Waals surface area (Å²) in [6.45, 7) is 3.80. The minimum absolute atomic E-state index is 0.106. The molecule has 2 unspecified atom stereocenters. The van der Waals surface area contributed by atoms with Crippen molar-refractivity contribution in [1.82, 2.24) is 14.8 Å². The van der Waals surface area contributed by atoms with E-state index in [1.54, 1.807) is 38.4 Å². The van der Waals surface area contributed by atoms with Crippen LogP contribution in [0.3, 0.4) is 0 Å². The number of thioether (sulfide) groups is 1. The lowest BCUT2D eigenvalue weighted by Gasteiger charge is -2.29. The van der Waals surface area contributed by atoms with Crippen molar-refractivity contribution >= 4 is 35.1 Å². The summed E-state index contributed by atoms with van der Waals surface area (Å²) in [5.74, 6) is -1.29. The van der Waals surface area contributed by atoms with Crippen molar-refractivity contribution in [3.63, 3.8) is 0 Å². The van der Waals surface area contributed by atoms with Crippen LogP contribution < -0.4 is 4.74 Å². The predicted molar refractivity (Wildman–Crippen MR) is 134 cm³/mol. The van der Waals surface area contributed by atoms with Crippen molar-refractivity contribution in [2.45, 2.75) is 43.1 Å². The van der Waals surface area contributed by atoms with Gasteiger partial charge in [0.2, 0.25) is 0 Å². The molecule has 1 N–H and O–H groups in total. The Morgan fingerprint density at radius 2 is 1.82 bits per heavy atom. The highest BCUT2D eigenvalue weighted by Crippen LogP contribution is 2.38. The highest BCUT2D eigenvalue weighted by molar-refractivity contribution is 8.00. The Labute approximate surface area is 208 Å². The first-order valence-electron chi connectivity index (χ1n) is 10.9. The summed E-state index contributed by atoms with van der Waals surface area (Å²) in [5.41, 5.74) is 1.71. The Balaban J connectivity index is 1.89. The number of carbonyl (C=O) groups is 2. The number of carboxylic acids is 1. The number of ketones is 1. The number of aliphatic carboxylic acids is 1. The second-order valence-corrected chi connectivity index (χ2v) is 10.1. The number of Topliss-reactive ketones (excluding diaryl/α,β-unsaturated/α-hetero) is 1. The molecule has 0 fully saturated rings. The quantitative estimate of drug-likeness (QED) is 0.353. The molecular weight excluding hydrogens is 474 g/mol. The second-order valence-electron chi connectivity index (χ2n) is 8.18. The van der Waals surface area contributed by atoms with E-state index >= 15 is 0 Å². The third kappa shape index (κ3) is 5.80. The Bertz CT molecular complexity index is 1150. The summed E-state index contributed by atoms with van der Waals surface area (Å²) in [4.78, 5) is 30.5. The lowest BCUT2D eigenvalue weighted by Crippen LogP contribution is -2.40. The molecule has 0 bridgehead atoms. The lowest BCUT2D eigenvalue weighted by atomic mass is 9.89. The standard InChI is InChI=1S/C25H28ClN3O4S/c1-5-14-25(2,34-15-16-6-12-19(33-4)13-7-16)21(30)20(24(31)32)23-27-22(28-29(23)3)17-8-10-18(26)11-9-17/h6-13,20H,5,14-15H2,1-4H3,(H,31,32). The Morgan fingerprint density at radius 1 is 1.18 bits per heavy atom. The number of hydrogen-bond donors (Lipinski definition) is 1. The molecule has 34 heavy (non-hydrogen) atoms. The highest BCUT2D eigenvalue weighted by Gasteiger charge is 2.44. The smallest absolute Gasteiger partial charge is 0.321 e. The molecule has 3 rings (SSSR count). The summed E-state index contributed by atoms with van der Waals surface area (Å²) >= 11 is 7.41. The molecule has 0 spiro atoms. The van der Waals surface area contributed by atoms with Crippen LogP contribution in [-0.2, 0) is 22.4 Å². The van der Waals surface area contributed by atoms with Crippen LogP contribution in [0.1, 0.15) is 44.0 Å². The first kappa shape index (κ1) is 25.8. The fourth-order valence-corrected chi connectivity index (χ4v) is 5.13. The number of aromatic nitrogens is 3. The third-order valence-corrected chi connectivity index (χ3v) is 7.40. The van der Waals surface area contributed by atoms with E-state index in [0.29, 0.717) is 28.6 Å². The molecule has 0 amide bonds. The molecule has 0 saturated heterocycles. The molecule has 0 aliphatic heterocycles. The van der Waals surface area contributed by atoms with E-state index in [1.165, 1.54) is 16.4 Å². The minimum Gasteiger partial charge on any atom is -0.497 e. The van der Waals surface area contributed by atoms with Crippen LogP contribution in [0.15, 0.2) is 48.5 Å². The van der Waals surface area contributed by atoms with Crippen LogP contribution in [0.4, 0.5) is 0 Å². The number of halogens is 1. The summed E-state index contributed by atoms with van der Waals surface area (Å²) < 4.78 is 5.66. The number of carboxylic acid groups (broad SMARTS) is 1. The van der Waals surface area contributed by atoms with Gasteiger partial charge in [0.1, 0.15) is 11.6 Å². The number of aryl methyl sites for hydroxylation is 1. The molecule has 0 aliphatic carbocycles. The van der Waals surface area contributed by atoms with Crippen molar-refractivity contribution in [2.24, 2.45) is 7.05 Å². The van der Waals surface area contributed by atoms with E-state index in [9.17, 15) is 14.7 Å². The molecule has 1 aromatic heterocycles. The number of nitrogens with zero attached hydrogens (tertiary/aromatic N) is 3. The van der Waals surface area contributed by atoms with Gasteiger partial charge in [-0.1, -0.05) is 37.1 Å². The SMILES string of the molecule is CCCC(C)(SCc1ccc(OC)cc1)C(=O)C(C(=O)O)c1nc(-c2ccc(Cl)cc2)nn1C. The minimum atomic E-state index is -1.43. The Morgan fingerprint density at radius 3 is 2.38 bits per heavy atom. The fourth-order valence-electron chi connectivity index (χ4n) is 3.72. The number of ether oxygens (including phenoxy) is 1. The second kappa shape index (κ2) is 11.1. The van der Waals surface area contributed by atoms with Gasteiger partial charge in [0.05, 0.1) is 11.9 Å². The number of benzene rings is 2. The number of methoxy groups -OCH3 is 1. The summed E-state index contributed by atoms with van der Waals surface area (Å²) in [5, 5.41) is 15.0. The first-order valence-corrected chi connectivity index (χ1v) is 12.3. The van der Waals surface area contributed by atoms with E-state index in [0.717, 1.165) is 17.7 Å². The Kier molecular flexibility index (Phi) is 8.38. The summed E-state index contributed by atoms with van der Waals surface area (Å²) in [6.07, 6.45) is 1.28. The van der Waals surface area contributed by atoms with Crippen LogP contribution in [0, 0.1) is 0 Å². The van der Waals surface area contributed by atoms with E-state index < -0.39 is 22.4 Å². The van der Waals surface area contributed by atoms with Gasteiger partial charge in [-0.3, -0.25) is 14.3 Å². The van der Waals surface area contributed by atoms with Gasteiger partial charge >= 0.3 is 5.97 Å². The first-order chi connectivity index (χ1) is 16.2. The number of rotatable bonds is 11. The molecule has 3 aromatic rings. The maximum atomic E-state index is 13.7. The van der Waals surface area contributed by atoms with E-state index in [1.807, 2.05) is 38.1 Å². The fraction of sp³-hybridized carbons (Fsp3) is 0.360. The van der Waals surface area contributed by atoms with Crippen LogP contribution in [0.25, 0.3) is 11.4 Å². The van der Waals surface area contributed by atoms with Crippen LogP contribution in [-0.4, -0.2) is 43.5 Å². The van der Waals surface area contributed by atoms with Crippen LogP contribution in [0.2, 0.25) is 5.02 Å². The summed E-state index contributed by atoms with van der Waals surface area (Å²) in [7, 11) is 3.21. The monoisotopic (exact) mass is 501 g/mol. The largest absolute Gasteiger partial charge is 0.497 e. The number of hydrogen-bond acceptors (Lipinski definition) is 6. The van der Waals surface area contributed by atoms with E-state index in [-0.39, 0.29) is 5.82 Å². The third-order valence-electron chi connectivity index (χ3n) is 5.63. The molecule has 0 aliphatic rings. The molecule has 1 heterocycles. The molecular formula is C25H28ClN3O4S. The zero-order valence-electron chi connectivity index (χ0n) is 19.6. The van der Waals surface area contributed by atoms with Gasteiger partial charge in [-0.05, 0) is 55.3 Å². The van der Waals surface area contributed by atoms with E-state index in [4.69, 9.17) is 16.3 Å². The molecule has 180 valence electrons. The van der Waals surface area contributed by atoms with Gasteiger partial charge in [0, 0.05) is 23.4 Å². The van der Waals surface area contributed by atoms with Gasteiger partial charge in [0.15, 0.2) is 17.5 Å². The van der Waals surface area contributed by atoms with Gasteiger partial charge in [0.25, 0.3) is 0 Å². The van der Waals surface area contributed by atoms with Gasteiger partial charge < -0.3 is 9.84 Å². The topological polar surface area (TPSA) is 94.3 Å². The van der Waals surface area contributed by atoms with Crippen LogP contribution >= 0.6 is 23.4 Å². The zero-order chi connectivity index (χ0) is 24.9. The zero-order valence-corrected chi connectivity index (χ0v) is 21.2. The maximum absolute atomic E-state index is 13.7. The maximum Gasteiger partial charge on any atom is 0.321 e. The average Bonchev–Trinajstić information content (AvgIpc) is 3.19. The average molecular weight is 502 g/mol. The van der Waals surface area contributed by atoms with Crippen molar-refractivity contribution in [3.05, 3.63) is 64.9 Å².